The zero-order valence-electron chi connectivity index (χ0n) is 11.2. The molecule has 17 heavy (non-hydrogen) atoms. The van der Waals surface area contributed by atoms with Gasteiger partial charge in [-0.3, -0.25) is 4.90 Å². The second-order valence-corrected chi connectivity index (χ2v) is 4.83. The molecule has 4 heteroatoms. The fourth-order valence-electron chi connectivity index (χ4n) is 2.09. The summed E-state index contributed by atoms with van der Waals surface area (Å²) in [5.41, 5.74) is 0. The van der Waals surface area contributed by atoms with Crippen LogP contribution in [-0.4, -0.2) is 62.0 Å². The Morgan fingerprint density at radius 2 is 2.00 bits per heavy atom. The van der Waals surface area contributed by atoms with E-state index in [4.69, 9.17) is 4.74 Å². The van der Waals surface area contributed by atoms with Crippen molar-refractivity contribution in [1.29, 1.82) is 0 Å². The lowest BCUT2D eigenvalue weighted by Crippen LogP contribution is -2.43. The van der Waals surface area contributed by atoms with E-state index in [1.807, 2.05) is 0 Å². The largest absolute Gasteiger partial charge is 0.390 e. The molecular formula is C13H28N2O2. The number of hydrogen-bond donors (Lipinski definition) is 2. The van der Waals surface area contributed by atoms with Crippen LogP contribution in [0.15, 0.2) is 0 Å². The quantitative estimate of drug-likeness (QED) is 0.590. The number of aliphatic hydroxyl groups is 1. The van der Waals surface area contributed by atoms with Gasteiger partial charge in [-0.05, 0) is 13.0 Å². The van der Waals surface area contributed by atoms with Gasteiger partial charge >= 0.3 is 0 Å². The van der Waals surface area contributed by atoms with Crippen LogP contribution < -0.4 is 5.32 Å². The molecule has 2 N–H and O–H groups in total. The molecule has 1 unspecified atom stereocenters. The van der Waals surface area contributed by atoms with Crippen LogP contribution >= 0.6 is 0 Å². The summed E-state index contributed by atoms with van der Waals surface area (Å²) in [4.78, 5) is 2.27. The molecule has 0 aromatic heterocycles. The molecule has 0 aromatic carbocycles. The SMILES string of the molecule is CCCCCCNCC(O)CN1CCOCC1. The monoisotopic (exact) mass is 244 g/mol. The van der Waals surface area contributed by atoms with E-state index in [9.17, 15) is 5.11 Å². The van der Waals surface area contributed by atoms with E-state index in [1.54, 1.807) is 0 Å². The third kappa shape index (κ3) is 7.71. The summed E-state index contributed by atoms with van der Waals surface area (Å²) in [5.74, 6) is 0. The number of hydrogen-bond acceptors (Lipinski definition) is 4. The summed E-state index contributed by atoms with van der Waals surface area (Å²) < 4.78 is 5.28. The molecule has 0 amide bonds. The molecule has 1 atom stereocenters. The Bertz CT molecular complexity index is 173. The highest BCUT2D eigenvalue weighted by Crippen LogP contribution is 1.99. The van der Waals surface area contributed by atoms with Gasteiger partial charge in [-0.2, -0.15) is 0 Å². The highest BCUT2D eigenvalue weighted by atomic mass is 16.5. The van der Waals surface area contributed by atoms with Crippen molar-refractivity contribution in [1.82, 2.24) is 10.2 Å². The Hall–Kier alpha value is -0.160. The maximum atomic E-state index is 9.86. The lowest BCUT2D eigenvalue weighted by molar-refractivity contribution is 0.0149. The van der Waals surface area contributed by atoms with Crippen LogP contribution in [0.3, 0.4) is 0 Å². The molecule has 0 aliphatic carbocycles. The number of ether oxygens (including phenoxy) is 1. The second kappa shape index (κ2) is 9.83. The summed E-state index contributed by atoms with van der Waals surface area (Å²) in [5, 5.41) is 13.2. The predicted octanol–water partition coefficient (Wildman–Crippen LogP) is 0.849. The molecule has 0 bridgehead atoms. The van der Waals surface area contributed by atoms with Crippen molar-refractivity contribution < 1.29 is 9.84 Å². The van der Waals surface area contributed by atoms with Crippen molar-refractivity contribution in [2.24, 2.45) is 0 Å². The van der Waals surface area contributed by atoms with Gasteiger partial charge in [0.2, 0.25) is 0 Å². The van der Waals surface area contributed by atoms with Gasteiger partial charge in [0, 0.05) is 26.2 Å². The zero-order chi connectivity index (χ0) is 12.3. The molecule has 0 aromatic rings. The first-order valence-electron chi connectivity index (χ1n) is 7.01. The molecular weight excluding hydrogens is 216 g/mol. The predicted molar refractivity (Wildman–Crippen MR) is 70.3 cm³/mol. The Kier molecular flexibility index (Phi) is 8.61. The van der Waals surface area contributed by atoms with Crippen LogP contribution in [0.25, 0.3) is 0 Å². The number of rotatable bonds is 9. The topological polar surface area (TPSA) is 44.7 Å². The minimum atomic E-state index is -0.251. The molecule has 4 nitrogen and oxygen atoms in total. The van der Waals surface area contributed by atoms with E-state index in [0.717, 1.165) is 39.4 Å². The number of β-amino-alcohol motifs (C(OH)–C–C–N with tert-alkyl or cyclic N) is 1. The third-order valence-electron chi connectivity index (χ3n) is 3.16. The molecule has 1 heterocycles. The summed E-state index contributed by atoms with van der Waals surface area (Å²) in [7, 11) is 0. The average Bonchev–Trinajstić information content (AvgIpc) is 2.35. The molecule has 102 valence electrons. The molecule has 1 aliphatic heterocycles. The van der Waals surface area contributed by atoms with Gasteiger partial charge in [-0.15, -0.1) is 0 Å². The smallest absolute Gasteiger partial charge is 0.0791 e. The van der Waals surface area contributed by atoms with Gasteiger partial charge in [0.25, 0.3) is 0 Å². The van der Waals surface area contributed by atoms with Gasteiger partial charge in [-0.1, -0.05) is 26.2 Å². The van der Waals surface area contributed by atoms with E-state index < -0.39 is 0 Å². The zero-order valence-corrected chi connectivity index (χ0v) is 11.2. The van der Waals surface area contributed by atoms with Crippen LogP contribution in [0, 0.1) is 0 Å². The normalized spacial score (nSPS) is 19.4. The van der Waals surface area contributed by atoms with Crippen molar-refractivity contribution >= 4 is 0 Å². The van der Waals surface area contributed by atoms with Crippen LogP contribution in [0.5, 0.6) is 0 Å². The lowest BCUT2D eigenvalue weighted by Gasteiger charge is -2.28. The van der Waals surface area contributed by atoms with E-state index >= 15 is 0 Å². The van der Waals surface area contributed by atoms with E-state index in [2.05, 4.69) is 17.1 Å². The number of morpholine rings is 1. The fraction of sp³-hybridized carbons (Fsp3) is 1.00. The van der Waals surface area contributed by atoms with Crippen molar-refractivity contribution in [2.45, 2.75) is 38.7 Å². The average molecular weight is 244 g/mol. The molecule has 1 saturated heterocycles. The van der Waals surface area contributed by atoms with E-state index in [-0.39, 0.29) is 6.10 Å². The Morgan fingerprint density at radius 3 is 2.71 bits per heavy atom. The molecule has 0 radical (unpaired) electrons. The van der Waals surface area contributed by atoms with Gasteiger partial charge in [0.1, 0.15) is 0 Å². The minimum absolute atomic E-state index is 0.251. The van der Waals surface area contributed by atoms with E-state index in [0.29, 0.717) is 6.54 Å². The first-order chi connectivity index (χ1) is 8.33. The second-order valence-electron chi connectivity index (χ2n) is 4.83. The molecule has 0 saturated carbocycles. The lowest BCUT2D eigenvalue weighted by atomic mass is 10.2. The minimum Gasteiger partial charge on any atom is -0.390 e. The fourth-order valence-corrected chi connectivity index (χ4v) is 2.09. The van der Waals surface area contributed by atoms with Crippen LogP contribution in [-0.2, 0) is 4.74 Å². The standard InChI is InChI=1S/C13H28N2O2/c1-2-3-4-5-6-14-11-13(16)12-15-7-9-17-10-8-15/h13-14,16H,2-12H2,1H3. The highest BCUT2D eigenvalue weighted by Gasteiger charge is 2.14. The molecule has 0 spiro atoms. The van der Waals surface area contributed by atoms with Crippen molar-refractivity contribution in [3.05, 3.63) is 0 Å². The summed E-state index contributed by atoms with van der Waals surface area (Å²) in [6.07, 6.45) is 4.86. The number of nitrogens with zero attached hydrogens (tertiary/aromatic N) is 1. The van der Waals surface area contributed by atoms with Gasteiger partial charge in [0.05, 0.1) is 19.3 Å². The van der Waals surface area contributed by atoms with Crippen molar-refractivity contribution in [2.75, 3.05) is 45.9 Å². The summed E-state index contributed by atoms with van der Waals surface area (Å²) in [6, 6.07) is 0. The number of unbranched alkanes of at least 4 members (excludes halogenated alkanes) is 3. The number of aliphatic hydroxyl groups excluding tert-OH is 1. The molecule has 1 fully saturated rings. The van der Waals surface area contributed by atoms with Gasteiger partial charge in [0.15, 0.2) is 0 Å². The van der Waals surface area contributed by atoms with Gasteiger partial charge < -0.3 is 15.2 Å². The van der Waals surface area contributed by atoms with Crippen LogP contribution in [0.1, 0.15) is 32.6 Å². The van der Waals surface area contributed by atoms with E-state index in [1.165, 1.54) is 25.7 Å². The van der Waals surface area contributed by atoms with Crippen LogP contribution in [0.2, 0.25) is 0 Å². The first kappa shape index (κ1) is 14.9. The maximum absolute atomic E-state index is 9.86. The summed E-state index contributed by atoms with van der Waals surface area (Å²) in [6.45, 7) is 8.24. The molecule has 1 aliphatic rings. The Morgan fingerprint density at radius 1 is 1.24 bits per heavy atom. The maximum Gasteiger partial charge on any atom is 0.0791 e. The van der Waals surface area contributed by atoms with Crippen molar-refractivity contribution in [3.63, 3.8) is 0 Å². The Balaban J connectivity index is 1.91. The summed E-state index contributed by atoms with van der Waals surface area (Å²) >= 11 is 0. The van der Waals surface area contributed by atoms with Gasteiger partial charge in [-0.25, -0.2) is 0 Å². The highest BCUT2D eigenvalue weighted by molar-refractivity contribution is 4.69. The van der Waals surface area contributed by atoms with Crippen LogP contribution in [0.4, 0.5) is 0 Å². The molecule has 1 rings (SSSR count). The Labute approximate surface area is 105 Å². The van der Waals surface area contributed by atoms with Crippen molar-refractivity contribution in [3.8, 4) is 0 Å². The third-order valence-corrected chi connectivity index (χ3v) is 3.16. The number of nitrogens with one attached hydrogen (secondary N) is 1. The first-order valence-corrected chi connectivity index (χ1v) is 7.01.